The lowest BCUT2D eigenvalue weighted by atomic mass is 10.0. The molecule has 0 amide bonds. The Hall–Kier alpha value is -0.520. The molecule has 0 spiro atoms. The second kappa shape index (κ2) is 2.84. The summed E-state index contributed by atoms with van der Waals surface area (Å²) in [4.78, 5) is 0. The third kappa shape index (κ3) is 1.15. The number of hydrogen-bond acceptors (Lipinski definition) is 0. The maximum Gasteiger partial charge on any atom is -0.00169 e. The highest BCUT2D eigenvalue weighted by Gasteiger charge is 2.30. The van der Waals surface area contributed by atoms with Crippen molar-refractivity contribution in [3.63, 3.8) is 0 Å². The van der Waals surface area contributed by atoms with Crippen molar-refractivity contribution < 1.29 is 0 Å². The van der Waals surface area contributed by atoms with Crippen LogP contribution in [0.1, 0.15) is 32.6 Å². The molecule has 2 aliphatic carbocycles. The largest absolute Gasteiger partial charge is 0.0842 e. The van der Waals surface area contributed by atoms with E-state index in [1.165, 1.54) is 25.7 Å². The van der Waals surface area contributed by atoms with Crippen LogP contribution in [0.5, 0.6) is 0 Å². The van der Waals surface area contributed by atoms with Crippen molar-refractivity contribution in [1.29, 1.82) is 0 Å². The molecule has 0 aromatic carbocycles. The summed E-state index contributed by atoms with van der Waals surface area (Å²) in [6.45, 7) is 2.25. The summed E-state index contributed by atoms with van der Waals surface area (Å²) in [6.07, 6.45) is 12.7. The average Bonchev–Trinajstić information content (AvgIpc) is 2.59. The van der Waals surface area contributed by atoms with Crippen molar-refractivity contribution in [3.05, 3.63) is 23.8 Å². The SMILES string of the molecule is CCCC=C1C2C=CC1CC2. The number of fused-ring (bicyclic) bond motifs is 2. The predicted octanol–water partition coefficient (Wildman–Crippen LogP) is 3.31. The van der Waals surface area contributed by atoms with Crippen molar-refractivity contribution in [3.8, 4) is 0 Å². The molecule has 2 unspecified atom stereocenters. The molecule has 2 bridgehead atoms. The molecule has 0 radical (unpaired) electrons. The molecule has 2 atom stereocenters. The maximum absolute atomic E-state index is 2.47. The fourth-order valence-corrected chi connectivity index (χ4v) is 2.26. The predicted molar refractivity (Wildman–Crippen MR) is 48.3 cm³/mol. The normalized spacial score (nSPS) is 33.4. The molecule has 0 aromatic heterocycles. The Kier molecular flexibility index (Phi) is 1.85. The van der Waals surface area contributed by atoms with Gasteiger partial charge in [0.25, 0.3) is 0 Å². The highest BCUT2D eigenvalue weighted by Crippen LogP contribution is 2.43. The summed E-state index contributed by atoms with van der Waals surface area (Å²) < 4.78 is 0. The van der Waals surface area contributed by atoms with Gasteiger partial charge in [0.05, 0.1) is 0 Å². The van der Waals surface area contributed by atoms with E-state index in [2.05, 4.69) is 25.2 Å². The molecular weight excluding hydrogens is 132 g/mol. The van der Waals surface area contributed by atoms with E-state index in [1.807, 2.05) is 0 Å². The highest BCUT2D eigenvalue weighted by molar-refractivity contribution is 5.31. The molecule has 1 saturated carbocycles. The van der Waals surface area contributed by atoms with Gasteiger partial charge in [0, 0.05) is 0 Å². The minimum absolute atomic E-state index is 0.839. The first-order chi connectivity index (χ1) is 5.42. The molecule has 2 aliphatic rings. The zero-order valence-corrected chi connectivity index (χ0v) is 7.22. The van der Waals surface area contributed by atoms with E-state index in [4.69, 9.17) is 0 Å². The van der Waals surface area contributed by atoms with E-state index in [1.54, 1.807) is 5.57 Å². The van der Waals surface area contributed by atoms with Crippen molar-refractivity contribution in [2.75, 3.05) is 0 Å². The lowest BCUT2D eigenvalue weighted by molar-refractivity contribution is 0.705. The van der Waals surface area contributed by atoms with Gasteiger partial charge in [-0.2, -0.15) is 0 Å². The van der Waals surface area contributed by atoms with Crippen LogP contribution in [-0.4, -0.2) is 0 Å². The van der Waals surface area contributed by atoms with Crippen molar-refractivity contribution >= 4 is 0 Å². The number of hydrogen-bond donors (Lipinski definition) is 0. The number of unbranched alkanes of at least 4 members (excludes halogenated alkanes) is 1. The third-order valence-corrected chi connectivity index (χ3v) is 2.89. The molecule has 60 valence electrons. The van der Waals surface area contributed by atoms with Crippen LogP contribution in [0.15, 0.2) is 23.8 Å². The van der Waals surface area contributed by atoms with Gasteiger partial charge in [0.1, 0.15) is 0 Å². The van der Waals surface area contributed by atoms with E-state index < -0.39 is 0 Å². The molecule has 0 aliphatic heterocycles. The fraction of sp³-hybridized carbons (Fsp3) is 0.636. The summed E-state index contributed by atoms with van der Waals surface area (Å²) in [5, 5.41) is 0. The molecule has 0 aromatic rings. The number of allylic oxidation sites excluding steroid dienone is 4. The van der Waals surface area contributed by atoms with Gasteiger partial charge >= 0.3 is 0 Å². The van der Waals surface area contributed by atoms with Crippen molar-refractivity contribution in [2.24, 2.45) is 11.8 Å². The third-order valence-electron chi connectivity index (χ3n) is 2.89. The first-order valence-electron chi connectivity index (χ1n) is 4.80. The highest BCUT2D eigenvalue weighted by atomic mass is 14.4. The zero-order valence-electron chi connectivity index (χ0n) is 7.22. The lowest BCUT2D eigenvalue weighted by Gasteiger charge is -2.02. The Morgan fingerprint density at radius 1 is 1.36 bits per heavy atom. The van der Waals surface area contributed by atoms with Crippen molar-refractivity contribution in [2.45, 2.75) is 32.6 Å². The molecular formula is C11H16. The van der Waals surface area contributed by atoms with Crippen molar-refractivity contribution in [1.82, 2.24) is 0 Å². The zero-order chi connectivity index (χ0) is 7.68. The van der Waals surface area contributed by atoms with E-state index in [0.29, 0.717) is 0 Å². The van der Waals surface area contributed by atoms with Crippen LogP contribution < -0.4 is 0 Å². The Labute approximate surface area is 69.0 Å². The smallest absolute Gasteiger partial charge is 0.00169 e. The van der Waals surface area contributed by atoms with Crippen LogP contribution in [0.2, 0.25) is 0 Å². The van der Waals surface area contributed by atoms with Gasteiger partial charge in [-0.1, -0.05) is 37.1 Å². The molecule has 11 heavy (non-hydrogen) atoms. The number of rotatable bonds is 2. The maximum atomic E-state index is 2.47. The van der Waals surface area contributed by atoms with Crippen LogP contribution in [-0.2, 0) is 0 Å². The van der Waals surface area contributed by atoms with Gasteiger partial charge in [0.2, 0.25) is 0 Å². The van der Waals surface area contributed by atoms with Gasteiger partial charge in [-0.15, -0.1) is 0 Å². The van der Waals surface area contributed by atoms with E-state index in [0.717, 1.165) is 11.8 Å². The molecule has 0 nitrogen and oxygen atoms in total. The van der Waals surface area contributed by atoms with Crippen LogP contribution in [0.3, 0.4) is 0 Å². The van der Waals surface area contributed by atoms with Crippen LogP contribution in [0.4, 0.5) is 0 Å². The fourth-order valence-electron chi connectivity index (χ4n) is 2.26. The first kappa shape index (κ1) is 7.15. The summed E-state index contributed by atoms with van der Waals surface area (Å²) in [5.74, 6) is 1.68. The van der Waals surface area contributed by atoms with Crippen LogP contribution >= 0.6 is 0 Å². The summed E-state index contributed by atoms with van der Waals surface area (Å²) in [5.41, 5.74) is 1.73. The standard InChI is InChI=1S/C11H16/c1-2-3-4-11-9-5-6-10(11)8-7-9/h4-6,9-10H,2-3,7-8H2,1H3. The minimum atomic E-state index is 0.839. The van der Waals surface area contributed by atoms with Gasteiger partial charge in [0.15, 0.2) is 0 Å². The first-order valence-corrected chi connectivity index (χ1v) is 4.80. The van der Waals surface area contributed by atoms with E-state index in [-0.39, 0.29) is 0 Å². The Morgan fingerprint density at radius 2 is 2.00 bits per heavy atom. The Bertz CT molecular complexity index is 182. The van der Waals surface area contributed by atoms with Crippen LogP contribution in [0.25, 0.3) is 0 Å². The molecule has 0 heterocycles. The Balaban J connectivity index is 2.07. The van der Waals surface area contributed by atoms with E-state index in [9.17, 15) is 0 Å². The van der Waals surface area contributed by atoms with Crippen LogP contribution in [0, 0.1) is 11.8 Å². The summed E-state index contributed by atoms with van der Waals surface area (Å²) in [6, 6.07) is 0. The monoisotopic (exact) mass is 148 g/mol. The second-order valence-electron chi connectivity index (χ2n) is 3.67. The summed E-state index contributed by atoms with van der Waals surface area (Å²) >= 11 is 0. The molecule has 1 fully saturated rings. The Morgan fingerprint density at radius 3 is 2.45 bits per heavy atom. The quantitative estimate of drug-likeness (QED) is 0.527. The molecule has 0 N–H and O–H groups in total. The van der Waals surface area contributed by atoms with Gasteiger partial charge in [-0.05, 0) is 31.1 Å². The van der Waals surface area contributed by atoms with Gasteiger partial charge < -0.3 is 0 Å². The molecule has 0 heteroatoms. The van der Waals surface area contributed by atoms with Gasteiger partial charge in [-0.3, -0.25) is 0 Å². The van der Waals surface area contributed by atoms with Gasteiger partial charge in [-0.25, -0.2) is 0 Å². The lowest BCUT2D eigenvalue weighted by Crippen LogP contribution is -1.89. The second-order valence-corrected chi connectivity index (χ2v) is 3.67. The molecule has 0 saturated heterocycles. The molecule has 2 rings (SSSR count). The average molecular weight is 148 g/mol. The minimum Gasteiger partial charge on any atom is -0.0842 e. The topological polar surface area (TPSA) is 0 Å². The summed E-state index contributed by atoms with van der Waals surface area (Å²) in [7, 11) is 0. The van der Waals surface area contributed by atoms with E-state index >= 15 is 0 Å².